The van der Waals surface area contributed by atoms with Crippen LogP contribution in [0.25, 0.3) is 0 Å². The summed E-state index contributed by atoms with van der Waals surface area (Å²) >= 11 is 3.38. The Balaban J connectivity index is 1.48. The first-order valence-corrected chi connectivity index (χ1v) is 7.97. The Hall–Kier alpha value is -1.62. The monoisotopic (exact) mass is 346 g/mol. The average Bonchev–Trinajstić information content (AvgIpc) is 3.14. The third kappa shape index (κ3) is 1.94. The number of nitrogens with zero attached hydrogens (tertiary/aromatic N) is 1. The van der Waals surface area contributed by atoms with E-state index in [9.17, 15) is 9.59 Å². The topological polar surface area (TPSA) is 49.4 Å². The Kier molecular flexibility index (Phi) is 2.92. The van der Waals surface area contributed by atoms with Crippen LogP contribution in [0.4, 0.5) is 5.69 Å². The number of imide groups is 1. The van der Waals surface area contributed by atoms with E-state index in [0.29, 0.717) is 0 Å². The lowest BCUT2D eigenvalue weighted by Gasteiger charge is -2.18. The number of likely N-dealkylation sites (tertiary alicyclic amines) is 1. The number of carbonyl (C=O) groups is 2. The summed E-state index contributed by atoms with van der Waals surface area (Å²) < 4.78 is 0.999. The van der Waals surface area contributed by atoms with E-state index < -0.39 is 0 Å². The maximum absolute atomic E-state index is 12.5. The van der Waals surface area contributed by atoms with E-state index in [1.165, 1.54) is 4.90 Å². The molecule has 4 rings (SSSR count). The third-order valence-corrected chi connectivity index (χ3v) is 5.38. The van der Waals surface area contributed by atoms with Crippen molar-refractivity contribution in [2.24, 2.45) is 23.7 Å². The lowest BCUT2D eigenvalue weighted by atomic mass is 9.85. The van der Waals surface area contributed by atoms with Gasteiger partial charge in [-0.25, -0.2) is 0 Å². The molecule has 1 N–H and O–H groups in total. The molecule has 21 heavy (non-hydrogen) atoms. The Morgan fingerprint density at radius 1 is 1.05 bits per heavy atom. The first-order valence-electron chi connectivity index (χ1n) is 7.18. The molecule has 0 aromatic heterocycles. The van der Waals surface area contributed by atoms with Gasteiger partial charge in [0.2, 0.25) is 11.8 Å². The largest absolute Gasteiger partial charge is 0.367 e. The molecule has 0 radical (unpaired) electrons. The highest BCUT2D eigenvalue weighted by molar-refractivity contribution is 9.10. The number of carbonyl (C=O) groups excluding carboxylic acids is 2. The number of anilines is 1. The average molecular weight is 347 g/mol. The highest BCUT2D eigenvalue weighted by Crippen LogP contribution is 2.52. The predicted molar refractivity (Wildman–Crippen MR) is 82.2 cm³/mol. The van der Waals surface area contributed by atoms with Crippen LogP contribution in [0.15, 0.2) is 40.9 Å². The van der Waals surface area contributed by atoms with E-state index in [4.69, 9.17) is 0 Å². The number of amides is 2. The van der Waals surface area contributed by atoms with Crippen molar-refractivity contribution in [1.29, 1.82) is 0 Å². The van der Waals surface area contributed by atoms with Crippen molar-refractivity contribution >= 4 is 33.4 Å². The van der Waals surface area contributed by atoms with Crippen molar-refractivity contribution in [2.75, 3.05) is 12.0 Å². The third-order valence-electron chi connectivity index (χ3n) is 4.85. The van der Waals surface area contributed by atoms with Gasteiger partial charge >= 0.3 is 0 Å². The minimum absolute atomic E-state index is 0.00791. The molecule has 2 bridgehead atoms. The molecular formula is C16H15BrN2O2. The van der Waals surface area contributed by atoms with Gasteiger partial charge < -0.3 is 5.32 Å². The second kappa shape index (κ2) is 4.70. The van der Waals surface area contributed by atoms with Crippen LogP contribution in [-0.2, 0) is 9.59 Å². The number of fused-ring (bicyclic) bond motifs is 5. The molecule has 108 valence electrons. The smallest absolute Gasteiger partial charge is 0.235 e. The van der Waals surface area contributed by atoms with Crippen LogP contribution in [0, 0.1) is 23.7 Å². The summed E-state index contributed by atoms with van der Waals surface area (Å²) in [5.74, 6) is 0.305. The van der Waals surface area contributed by atoms with Crippen LogP contribution in [0.3, 0.4) is 0 Å². The van der Waals surface area contributed by atoms with Crippen LogP contribution in [-0.4, -0.2) is 23.4 Å². The molecule has 1 aromatic rings. The van der Waals surface area contributed by atoms with Crippen molar-refractivity contribution in [3.8, 4) is 0 Å². The number of hydrogen-bond acceptors (Lipinski definition) is 3. The zero-order valence-corrected chi connectivity index (χ0v) is 12.9. The van der Waals surface area contributed by atoms with Crippen molar-refractivity contribution in [2.45, 2.75) is 6.42 Å². The Morgan fingerprint density at radius 2 is 1.62 bits per heavy atom. The highest BCUT2D eigenvalue weighted by Gasteiger charge is 2.59. The number of rotatable bonds is 3. The summed E-state index contributed by atoms with van der Waals surface area (Å²) in [5.41, 5.74) is 0.900. The van der Waals surface area contributed by atoms with Gasteiger partial charge in [-0.05, 0) is 42.5 Å². The van der Waals surface area contributed by atoms with E-state index in [-0.39, 0.29) is 42.2 Å². The number of hydrogen-bond donors (Lipinski definition) is 1. The quantitative estimate of drug-likeness (QED) is 0.676. The van der Waals surface area contributed by atoms with E-state index in [0.717, 1.165) is 16.6 Å². The summed E-state index contributed by atoms with van der Waals surface area (Å²) in [7, 11) is 0. The van der Waals surface area contributed by atoms with Gasteiger partial charge in [0.05, 0.1) is 18.5 Å². The van der Waals surface area contributed by atoms with Gasteiger partial charge in [-0.3, -0.25) is 14.5 Å². The maximum Gasteiger partial charge on any atom is 0.235 e. The van der Waals surface area contributed by atoms with Gasteiger partial charge in [-0.15, -0.1) is 0 Å². The molecule has 1 aromatic carbocycles. The fourth-order valence-electron chi connectivity index (χ4n) is 3.86. The maximum atomic E-state index is 12.5. The molecule has 2 fully saturated rings. The zero-order chi connectivity index (χ0) is 14.6. The first kappa shape index (κ1) is 13.1. The predicted octanol–water partition coefficient (Wildman–Crippen LogP) is 2.63. The normalized spacial score (nSPS) is 32.9. The molecule has 4 nitrogen and oxygen atoms in total. The van der Waals surface area contributed by atoms with Crippen LogP contribution >= 0.6 is 15.9 Å². The lowest BCUT2D eigenvalue weighted by Crippen LogP contribution is -2.37. The molecule has 4 atom stereocenters. The second-order valence-electron chi connectivity index (χ2n) is 5.95. The van der Waals surface area contributed by atoms with Crippen molar-refractivity contribution < 1.29 is 9.59 Å². The fourth-order valence-corrected chi connectivity index (χ4v) is 4.12. The summed E-state index contributed by atoms with van der Waals surface area (Å²) in [5, 5.41) is 3.16. The van der Waals surface area contributed by atoms with E-state index >= 15 is 0 Å². The SMILES string of the molecule is O=C1[C@@H]2[C@H](C(=O)N1CNc1ccc(Br)cc1)[C@H]1C=C[C@@H]2C1. The van der Waals surface area contributed by atoms with Gasteiger partial charge in [-0.2, -0.15) is 0 Å². The number of halogens is 1. The van der Waals surface area contributed by atoms with Gasteiger partial charge in [0.15, 0.2) is 0 Å². The molecule has 0 spiro atoms. The molecule has 0 unspecified atom stereocenters. The van der Waals surface area contributed by atoms with Crippen molar-refractivity contribution in [3.63, 3.8) is 0 Å². The number of allylic oxidation sites excluding steroid dienone is 2. The van der Waals surface area contributed by atoms with Crippen LogP contribution in [0.2, 0.25) is 0 Å². The molecule has 1 saturated heterocycles. The minimum atomic E-state index is -0.112. The molecule has 1 aliphatic heterocycles. The van der Waals surface area contributed by atoms with E-state index in [2.05, 4.69) is 33.4 Å². The van der Waals surface area contributed by atoms with E-state index in [1.54, 1.807) is 0 Å². The standard InChI is InChI=1S/C16H15BrN2O2/c17-11-3-5-12(6-4-11)18-8-19-15(20)13-9-1-2-10(7-9)14(13)16(19)21/h1-6,9-10,13-14,18H,7-8H2/t9-,10+,13+,14-. The highest BCUT2D eigenvalue weighted by atomic mass is 79.9. The molecule has 1 heterocycles. The summed E-state index contributed by atoms with van der Waals surface area (Å²) in [6.07, 6.45) is 5.20. The Labute approximate surface area is 131 Å². The number of benzene rings is 1. The first-order chi connectivity index (χ1) is 10.1. The van der Waals surface area contributed by atoms with Crippen molar-refractivity contribution in [3.05, 3.63) is 40.9 Å². The molecule has 3 aliphatic rings. The van der Waals surface area contributed by atoms with Gasteiger partial charge in [-0.1, -0.05) is 28.1 Å². The summed E-state index contributed by atoms with van der Waals surface area (Å²) in [6.45, 7) is 0.256. The van der Waals surface area contributed by atoms with E-state index in [1.807, 2.05) is 24.3 Å². The molecule has 1 saturated carbocycles. The van der Waals surface area contributed by atoms with Crippen LogP contribution < -0.4 is 5.32 Å². The van der Waals surface area contributed by atoms with Gasteiger partial charge in [0, 0.05) is 10.2 Å². The lowest BCUT2D eigenvalue weighted by molar-refractivity contribution is -0.140. The zero-order valence-electron chi connectivity index (χ0n) is 11.3. The van der Waals surface area contributed by atoms with Crippen LogP contribution in [0.5, 0.6) is 0 Å². The summed E-state index contributed by atoms with van der Waals surface area (Å²) in [6, 6.07) is 7.69. The fraction of sp³-hybridized carbons (Fsp3) is 0.375. The second-order valence-corrected chi connectivity index (χ2v) is 6.86. The number of nitrogens with one attached hydrogen (secondary N) is 1. The minimum Gasteiger partial charge on any atom is -0.367 e. The molecule has 2 amide bonds. The molecule has 2 aliphatic carbocycles. The van der Waals surface area contributed by atoms with Crippen molar-refractivity contribution in [1.82, 2.24) is 4.90 Å². The Bertz CT molecular complexity index is 610. The van der Waals surface area contributed by atoms with Gasteiger partial charge in [0.25, 0.3) is 0 Å². The van der Waals surface area contributed by atoms with Gasteiger partial charge in [0.1, 0.15) is 0 Å². The summed E-state index contributed by atoms with van der Waals surface area (Å²) in [4.78, 5) is 26.4. The van der Waals surface area contributed by atoms with Crippen LogP contribution in [0.1, 0.15) is 6.42 Å². The molecular weight excluding hydrogens is 332 g/mol. The molecule has 5 heteroatoms. The Morgan fingerprint density at radius 3 is 2.19 bits per heavy atom.